The number of rotatable bonds is 13. The highest BCUT2D eigenvalue weighted by atomic mass is 16.6. The molecule has 0 aliphatic heterocycles. The first kappa shape index (κ1) is 29.9. The fourth-order valence-electron chi connectivity index (χ4n) is 4.49. The Labute approximate surface area is 216 Å². The molecule has 0 saturated heterocycles. The maximum absolute atomic E-state index is 12.2. The maximum Gasteiger partial charge on any atom is 0.407 e. The highest BCUT2D eigenvalue weighted by molar-refractivity contribution is 5.69. The smallest absolute Gasteiger partial charge is 0.407 e. The van der Waals surface area contributed by atoms with Crippen LogP contribution in [-0.2, 0) is 19.0 Å². The number of alkyl carbamates (subject to hydrolysis) is 1. The van der Waals surface area contributed by atoms with Crippen LogP contribution in [0.2, 0.25) is 0 Å². The summed E-state index contributed by atoms with van der Waals surface area (Å²) >= 11 is 0. The molecule has 0 heterocycles. The van der Waals surface area contributed by atoms with Gasteiger partial charge in [0.15, 0.2) is 0 Å². The monoisotopic (exact) mass is 506 g/mol. The third-order valence-corrected chi connectivity index (χ3v) is 6.25. The van der Waals surface area contributed by atoms with Gasteiger partial charge >= 0.3 is 12.1 Å². The van der Waals surface area contributed by atoms with Crippen LogP contribution in [0.3, 0.4) is 0 Å². The molecule has 1 aliphatic rings. The number of carbonyl (C=O) groups excluding carboxylic acids is 2. The van der Waals surface area contributed by atoms with E-state index < -0.39 is 11.7 Å². The summed E-state index contributed by atoms with van der Waals surface area (Å²) in [5, 5.41) is 2.92. The summed E-state index contributed by atoms with van der Waals surface area (Å²) in [6.07, 6.45) is 5.47. The van der Waals surface area contributed by atoms with Crippen molar-refractivity contribution in [2.75, 3.05) is 19.8 Å². The summed E-state index contributed by atoms with van der Waals surface area (Å²) < 4.78 is 22.5. The predicted octanol–water partition coefficient (Wildman–Crippen LogP) is 5.08. The number of ether oxygens (including phenoxy) is 4. The van der Waals surface area contributed by atoms with Gasteiger partial charge in [0, 0.05) is 12.1 Å². The second-order valence-corrected chi connectivity index (χ2v) is 10.5. The van der Waals surface area contributed by atoms with Gasteiger partial charge in [0.05, 0.1) is 32.3 Å². The van der Waals surface area contributed by atoms with Crippen molar-refractivity contribution >= 4 is 12.1 Å². The van der Waals surface area contributed by atoms with Crippen LogP contribution in [0.5, 0.6) is 5.75 Å². The van der Waals surface area contributed by atoms with Gasteiger partial charge < -0.3 is 30.0 Å². The van der Waals surface area contributed by atoms with Crippen LogP contribution in [-0.4, -0.2) is 55.7 Å². The molecule has 2 unspecified atom stereocenters. The first-order valence-electron chi connectivity index (χ1n) is 13.4. The lowest BCUT2D eigenvalue weighted by Crippen LogP contribution is -2.51. The van der Waals surface area contributed by atoms with Crippen molar-refractivity contribution in [1.29, 1.82) is 0 Å². The lowest BCUT2D eigenvalue weighted by molar-refractivity contribution is -0.143. The van der Waals surface area contributed by atoms with E-state index in [0.717, 1.165) is 44.3 Å². The highest BCUT2D eigenvalue weighted by Gasteiger charge is 2.27. The molecule has 1 aromatic rings. The first-order valence-corrected chi connectivity index (χ1v) is 13.4. The summed E-state index contributed by atoms with van der Waals surface area (Å²) in [6, 6.07) is 7.56. The zero-order chi connectivity index (χ0) is 26.6. The average molecular weight is 507 g/mol. The van der Waals surface area contributed by atoms with E-state index in [0.29, 0.717) is 25.7 Å². The van der Waals surface area contributed by atoms with E-state index in [1.165, 1.54) is 5.56 Å². The highest BCUT2D eigenvalue weighted by Crippen LogP contribution is 2.38. The molecule has 8 heteroatoms. The second kappa shape index (κ2) is 15.1. The van der Waals surface area contributed by atoms with Gasteiger partial charge in [0.2, 0.25) is 0 Å². The van der Waals surface area contributed by atoms with Crippen LogP contribution < -0.4 is 15.8 Å². The predicted molar refractivity (Wildman–Crippen MR) is 140 cm³/mol. The van der Waals surface area contributed by atoms with Gasteiger partial charge in [-0.2, -0.15) is 0 Å². The molecule has 2 atom stereocenters. The molecule has 0 spiro atoms. The van der Waals surface area contributed by atoms with E-state index in [9.17, 15) is 9.59 Å². The summed E-state index contributed by atoms with van der Waals surface area (Å²) in [5.41, 5.74) is 7.04. The van der Waals surface area contributed by atoms with Crippen LogP contribution in [0, 0.1) is 0 Å². The zero-order valence-corrected chi connectivity index (χ0v) is 22.7. The number of carbonyl (C=O) groups is 2. The molecule has 0 bridgehead atoms. The Kier molecular flexibility index (Phi) is 12.5. The molecule has 1 saturated carbocycles. The molecule has 1 amide bonds. The quantitative estimate of drug-likeness (QED) is 0.359. The Hall–Kier alpha value is -2.32. The van der Waals surface area contributed by atoms with E-state index in [1.54, 1.807) is 6.92 Å². The van der Waals surface area contributed by atoms with Gasteiger partial charge in [-0.25, -0.2) is 4.79 Å². The van der Waals surface area contributed by atoms with Crippen LogP contribution in [0.4, 0.5) is 4.79 Å². The molecule has 8 nitrogen and oxygen atoms in total. The van der Waals surface area contributed by atoms with E-state index in [1.807, 2.05) is 39.0 Å². The lowest BCUT2D eigenvalue weighted by atomic mass is 9.82. The van der Waals surface area contributed by atoms with E-state index in [-0.39, 0.29) is 30.6 Å². The number of hydrogen-bond acceptors (Lipinski definition) is 7. The van der Waals surface area contributed by atoms with Gasteiger partial charge in [-0.15, -0.1) is 0 Å². The van der Waals surface area contributed by atoms with Crippen molar-refractivity contribution in [3.05, 3.63) is 29.8 Å². The van der Waals surface area contributed by atoms with Gasteiger partial charge in [0.25, 0.3) is 0 Å². The Morgan fingerprint density at radius 3 is 2.44 bits per heavy atom. The summed E-state index contributed by atoms with van der Waals surface area (Å²) in [5.74, 6) is 0.983. The van der Waals surface area contributed by atoms with Gasteiger partial charge in [-0.05, 0) is 77.3 Å². The fourth-order valence-corrected chi connectivity index (χ4v) is 4.49. The fraction of sp³-hybridized carbons (Fsp3) is 0.714. The first-order chi connectivity index (χ1) is 17.1. The molecule has 1 aromatic carbocycles. The largest absolute Gasteiger partial charge is 0.493 e. The molecule has 1 aliphatic carbocycles. The van der Waals surface area contributed by atoms with Gasteiger partial charge in [-0.1, -0.05) is 31.5 Å². The Bertz CT molecular complexity index is 801. The lowest BCUT2D eigenvalue weighted by Gasteiger charge is -2.32. The molecule has 204 valence electrons. The minimum atomic E-state index is -0.551. The minimum absolute atomic E-state index is 0.146. The third-order valence-electron chi connectivity index (χ3n) is 6.25. The van der Waals surface area contributed by atoms with Gasteiger partial charge in [0.1, 0.15) is 11.4 Å². The zero-order valence-electron chi connectivity index (χ0n) is 22.7. The molecule has 1 fully saturated rings. The number of amides is 1. The van der Waals surface area contributed by atoms with Crippen molar-refractivity contribution in [3.63, 3.8) is 0 Å². The number of nitrogens with one attached hydrogen (secondary N) is 1. The average Bonchev–Trinajstić information content (AvgIpc) is 2.82. The van der Waals surface area contributed by atoms with Crippen molar-refractivity contribution in [3.8, 4) is 5.75 Å². The molecular weight excluding hydrogens is 460 g/mol. The molecule has 36 heavy (non-hydrogen) atoms. The van der Waals surface area contributed by atoms with Crippen LogP contribution >= 0.6 is 0 Å². The standard InChI is InChI=1S/C28H46N2O6/c1-6-10-24(30-27(32)36-28(3,4)5)23(29)19-35-21-15-13-20(14-16-21)22-11-8-9-12-25(22)34-18-17-26(31)33-7-2/h8-9,11-12,20-21,23-24H,6-7,10,13-19,29H2,1-5H3,(H,30,32). The molecular formula is C28H46N2O6. The summed E-state index contributed by atoms with van der Waals surface area (Å²) in [4.78, 5) is 23.8. The van der Waals surface area contributed by atoms with Crippen molar-refractivity contribution in [1.82, 2.24) is 5.32 Å². The molecule has 2 rings (SSSR count). The number of esters is 1. The maximum atomic E-state index is 12.2. The molecule has 0 radical (unpaired) electrons. The van der Waals surface area contributed by atoms with Crippen molar-refractivity contribution < 1.29 is 28.5 Å². The van der Waals surface area contributed by atoms with Crippen LogP contribution in [0.25, 0.3) is 0 Å². The molecule has 3 N–H and O–H groups in total. The van der Waals surface area contributed by atoms with E-state index in [2.05, 4.69) is 18.3 Å². The normalized spacial score (nSPS) is 19.7. The number of hydrogen-bond donors (Lipinski definition) is 2. The van der Waals surface area contributed by atoms with Crippen LogP contribution in [0.1, 0.15) is 91.0 Å². The SMILES string of the molecule is CCCC(NC(=O)OC(C)(C)C)C(N)COC1CCC(c2ccccc2OCCC(=O)OCC)CC1. The Morgan fingerprint density at radius 2 is 1.81 bits per heavy atom. The van der Waals surface area contributed by atoms with E-state index in [4.69, 9.17) is 24.7 Å². The van der Waals surface area contributed by atoms with Gasteiger partial charge in [-0.3, -0.25) is 4.79 Å². The molecule has 0 aromatic heterocycles. The summed E-state index contributed by atoms with van der Waals surface area (Å²) in [6.45, 7) is 10.5. The third kappa shape index (κ3) is 10.7. The number of benzene rings is 1. The Morgan fingerprint density at radius 1 is 1.11 bits per heavy atom. The topological polar surface area (TPSA) is 109 Å². The van der Waals surface area contributed by atoms with Crippen LogP contribution in [0.15, 0.2) is 24.3 Å². The number of para-hydroxylation sites is 1. The minimum Gasteiger partial charge on any atom is -0.493 e. The Balaban J connectivity index is 1.81. The summed E-state index contributed by atoms with van der Waals surface area (Å²) in [7, 11) is 0. The number of nitrogens with two attached hydrogens (primary N) is 1. The second-order valence-electron chi connectivity index (χ2n) is 10.5. The van der Waals surface area contributed by atoms with Crippen molar-refractivity contribution in [2.24, 2.45) is 5.73 Å². The van der Waals surface area contributed by atoms with E-state index >= 15 is 0 Å². The van der Waals surface area contributed by atoms with Crippen molar-refractivity contribution in [2.45, 2.75) is 109 Å².